The molecule has 0 bridgehead atoms. The fraction of sp³-hybridized carbons (Fsp3) is 0.462. The van der Waals surface area contributed by atoms with Crippen LogP contribution in [0.3, 0.4) is 0 Å². The van der Waals surface area contributed by atoms with Gasteiger partial charge in [-0.25, -0.2) is 0 Å². The normalized spacial score (nSPS) is 14.6. The van der Waals surface area contributed by atoms with E-state index in [2.05, 4.69) is 12.1 Å². The molecule has 0 saturated carbocycles. The molecule has 0 radical (unpaired) electrons. The summed E-state index contributed by atoms with van der Waals surface area (Å²) in [4.78, 5) is 25.5. The average Bonchev–Trinajstić information content (AvgIpc) is 3.19. The Morgan fingerprint density at radius 1 is 0.969 bits per heavy atom. The average molecular weight is 440 g/mol. The van der Waals surface area contributed by atoms with E-state index in [1.54, 1.807) is 0 Å². The van der Waals surface area contributed by atoms with Crippen molar-refractivity contribution in [2.75, 3.05) is 6.79 Å². The first kappa shape index (κ1) is 23.6. The summed E-state index contributed by atoms with van der Waals surface area (Å²) >= 11 is 0. The first-order valence-electron chi connectivity index (χ1n) is 11.2. The van der Waals surface area contributed by atoms with Crippen LogP contribution in [0.5, 0.6) is 11.5 Å². The van der Waals surface area contributed by atoms with Crippen LogP contribution in [0.25, 0.3) is 0 Å². The zero-order valence-corrected chi connectivity index (χ0v) is 19.1. The topological polar surface area (TPSA) is 87.8 Å². The van der Waals surface area contributed by atoms with Crippen molar-refractivity contribution >= 4 is 11.9 Å². The van der Waals surface area contributed by atoms with E-state index < -0.39 is 23.3 Å². The number of hydrogen-bond acceptors (Lipinski definition) is 5. The van der Waals surface area contributed by atoms with Crippen LogP contribution < -0.4 is 15.2 Å². The van der Waals surface area contributed by atoms with Crippen LogP contribution in [-0.4, -0.2) is 24.3 Å². The minimum absolute atomic E-state index is 0.181. The second-order valence-electron chi connectivity index (χ2n) is 9.27. The summed E-state index contributed by atoms with van der Waals surface area (Å²) < 4.78 is 16.5. The van der Waals surface area contributed by atoms with Crippen LogP contribution >= 0.6 is 0 Å². The van der Waals surface area contributed by atoms with Gasteiger partial charge in [-0.2, -0.15) is 0 Å². The van der Waals surface area contributed by atoms with Gasteiger partial charge in [0, 0.05) is 0 Å². The Labute approximate surface area is 190 Å². The molecule has 0 aromatic heterocycles. The minimum atomic E-state index is -0.665. The van der Waals surface area contributed by atoms with Crippen molar-refractivity contribution in [2.24, 2.45) is 17.6 Å². The molecule has 6 nitrogen and oxygen atoms in total. The van der Waals surface area contributed by atoms with Crippen LogP contribution in [0, 0.1) is 11.8 Å². The van der Waals surface area contributed by atoms with Gasteiger partial charge in [0.25, 0.3) is 0 Å². The van der Waals surface area contributed by atoms with Gasteiger partial charge in [-0.3, -0.25) is 9.59 Å². The lowest BCUT2D eigenvalue weighted by Gasteiger charge is -2.28. The van der Waals surface area contributed by atoms with E-state index in [1.807, 2.05) is 57.2 Å². The van der Waals surface area contributed by atoms with Crippen LogP contribution in [0.2, 0.25) is 0 Å². The molecule has 32 heavy (non-hydrogen) atoms. The summed E-state index contributed by atoms with van der Waals surface area (Å²) in [6, 6.07) is 15.8. The number of carbonyl (C=O) groups excluding carboxylic acids is 2. The molecule has 3 rings (SSSR count). The number of ether oxygens (including phenoxy) is 3. The number of unbranched alkanes of at least 4 members (excludes halogenated alkanes) is 1. The molecule has 1 aliphatic rings. The lowest BCUT2D eigenvalue weighted by molar-refractivity contribution is -0.164. The molecule has 1 amide bonds. The van der Waals surface area contributed by atoms with Crippen molar-refractivity contribution < 1.29 is 23.8 Å². The van der Waals surface area contributed by atoms with E-state index in [0.717, 1.165) is 24.8 Å². The molecule has 6 heteroatoms. The Morgan fingerprint density at radius 3 is 2.38 bits per heavy atom. The van der Waals surface area contributed by atoms with Crippen molar-refractivity contribution in [3.63, 3.8) is 0 Å². The quantitative estimate of drug-likeness (QED) is 0.437. The number of amides is 1. The van der Waals surface area contributed by atoms with Crippen LogP contribution in [-0.2, 0) is 27.2 Å². The standard InChI is InChI=1S/C26H33NO5/c1-26(2,3)32-25(29)20(12-8-7-11-18-9-5-4-6-10-18)21(24(27)28)15-19-13-14-22-23(16-19)31-17-30-22/h4-6,9-10,13-14,16,20-21H,7-8,11-12,15,17H2,1-3H3,(H2,27,28). The summed E-state index contributed by atoms with van der Waals surface area (Å²) in [6.07, 6.45) is 3.52. The zero-order valence-electron chi connectivity index (χ0n) is 19.1. The molecule has 1 heterocycles. The first-order chi connectivity index (χ1) is 15.2. The maximum Gasteiger partial charge on any atom is 0.310 e. The molecule has 2 atom stereocenters. The maximum absolute atomic E-state index is 13.1. The number of rotatable bonds is 10. The summed E-state index contributed by atoms with van der Waals surface area (Å²) in [7, 11) is 0. The summed E-state index contributed by atoms with van der Waals surface area (Å²) in [5, 5.41) is 0. The second-order valence-corrected chi connectivity index (χ2v) is 9.27. The van der Waals surface area contributed by atoms with Gasteiger partial charge in [0.1, 0.15) is 5.60 Å². The number of esters is 1. The third kappa shape index (κ3) is 6.74. The predicted molar refractivity (Wildman–Crippen MR) is 122 cm³/mol. The van der Waals surface area contributed by atoms with Crippen molar-refractivity contribution in [1.29, 1.82) is 0 Å². The Hall–Kier alpha value is -3.02. The summed E-state index contributed by atoms with van der Waals surface area (Å²) in [5.74, 6) is -0.824. The van der Waals surface area contributed by atoms with Gasteiger partial charge >= 0.3 is 5.97 Å². The number of aryl methyl sites for hydroxylation is 1. The fourth-order valence-corrected chi connectivity index (χ4v) is 3.96. The van der Waals surface area contributed by atoms with Crippen molar-refractivity contribution in [3.8, 4) is 11.5 Å². The first-order valence-corrected chi connectivity index (χ1v) is 11.2. The molecule has 0 spiro atoms. The van der Waals surface area contributed by atoms with Crippen molar-refractivity contribution in [1.82, 2.24) is 0 Å². The Kier molecular flexibility index (Phi) is 7.78. The monoisotopic (exact) mass is 439 g/mol. The number of primary amides is 1. The largest absolute Gasteiger partial charge is 0.460 e. The van der Waals surface area contributed by atoms with Gasteiger partial charge in [-0.15, -0.1) is 0 Å². The van der Waals surface area contributed by atoms with Gasteiger partial charge in [-0.1, -0.05) is 42.8 Å². The Bertz CT molecular complexity index is 920. The van der Waals surface area contributed by atoms with Gasteiger partial charge in [-0.05, 0) is 69.7 Å². The molecule has 2 aromatic carbocycles. The zero-order chi connectivity index (χ0) is 23.1. The molecular formula is C26H33NO5. The van der Waals surface area contributed by atoms with E-state index in [0.29, 0.717) is 24.3 Å². The van der Waals surface area contributed by atoms with Crippen LogP contribution in [0.4, 0.5) is 0 Å². The number of hydrogen-bond donors (Lipinski definition) is 1. The number of fused-ring (bicyclic) bond motifs is 1. The van der Waals surface area contributed by atoms with Gasteiger partial charge in [0.05, 0.1) is 11.8 Å². The van der Waals surface area contributed by atoms with E-state index in [1.165, 1.54) is 5.56 Å². The smallest absolute Gasteiger partial charge is 0.310 e. The van der Waals surface area contributed by atoms with E-state index in [9.17, 15) is 9.59 Å². The molecule has 2 N–H and O–H groups in total. The highest BCUT2D eigenvalue weighted by Gasteiger charge is 2.35. The lowest BCUT2D eigenvalue weighted by atomic mass is 9.82. The third-order valence-electron chi connectivity index (χ3n) is 5.53. The lowest BCUT2D eigenvalue weighted by Crippen LogP contribution is -2.39. The van der Waals surface area contributed by atoms with Gasteiger partial charge in [0.15, 0.2) is 11.5 Å². The molecule has 0 saturated heterocycles. The summed E-state index contributed by atoms with van der Waals surface area (Å²) in [5.41, 5.74) is 7.28. The molecule has 0 fully saturated rings. The maximum atomic E-state index is 13.1. The summed E-state index contributed by atoms with van der Waals surface area (Å²) in [6.45, 7) is 5.66. The van der Waals surface area contributed by atoms with E-state index in [4.69, 9.17) is 19.9 Å². The molecular weight excluding hydrogens is 406 g/mol. The number of benzene rings is 2. The SMILES string of the molecule is CC(C)(C)OC(=O)C(CCCCc1ccccc1)C(Cc1ccc2c(c1)OCO2)C(N)=O. The highest BCUT2D eigenvalue weighted by Crippen LogP contribution is 2.34. The fourth-order valence-electron chi connectivity index (χ4n) is 3.96. The highest BCUT2D eigenvalue weighted by atomic mass is 16.7. The van der Waals surface area contributed by atoms with Crippen LogP contribution in [0.15, 0.2) is 48.5 Å². The predicted octanol–water partition coefficient (Wildman–Crippen LogP) is 4.43. The third-order valence-corrected chi connectivity index (χ3v) is 5.53. The number of nitrogens with two attached hydrogens (primary N) is 1. The highest BCUT2D eigenvalue weighted by molar-refractivity contribution is 5.84. The molecule has 172 valence electrons. The number of carbonyl (C=O) groups is 2. The van der Waals surface area contributed by atoms with E-state index >= 15 is 0 Å². The van der Waals surface area contributed by atoms with Crippen molar-refractivity contribution in [2.45, 2.75) is 58.5 Å². The molecule has 2 aromatic rings. The van der Waals surface area contributed by atoms with Gasteiger partial charge < -0.3 is 19.9 Å². The minimum Gasteiger partial charge on any atom is -0.460 e. The van der Waals surface area contributed by atoms with Gasteiger partial charge in [0.2, 0.25) is 12.7 Å². The second kappa shape index (κ2) is 10.5. The van der Waals surface area contributed by atoms with E-state index in [-0.39, 0.29) is 12.8 Å². The Morgan fingerprint density at radius 2 is 1.69 bits per heavy atom. The molecule has 0 aliphatic carbocycles. The molecule has 2 unspecified atom stereocenters. The van der Waals surface area contributed by atoms with Crippen molar-refractivity contribution in [3.05, 3.63) is 59.7 Å². The van der Waals surface area contributed by atoms with Crippen LogP contribution in [0.1, 0.15) is 51.2 Å². The molecule has 1 aliphatic heterocycles. The Balaban J connectivity index is 1.72.